The monoisotopic (exact) mass is 237 g/mol. The van der Waals surface area contributed by atoms with Crippen molar-refractivity contribution in [3.63, 3.8) is 0 Å². The highest BCUT2D eigenvalue weighted by atomic mass is 16.4. The Morgan fingerprint density at radius 3 is 2.88 bits per heavy atom. The molecule has 1 aliphatic rings. The second-order valence-corrected chi connectivity index (χ2v) is 4.89. The van der Waals surface area contributed by atoms with Crippen molar-refractivity contribution in [2.45, 2.75) is 39.2 Å². The first kappa shape index (κ1) is 12.6. The Hall–Kier alpha value is -0.870. The highest BCUT2D eigenvalue weighted by Gasteiger charge is 2.12. The topological polar surface area (TPSA) is 41.3 Å². The van der Waals surface area contributed by atoms with Crippen LogP contribution in [-0.4, -0.2) is 36.1 Å². The first-order valence-electron chi connectivity index (χ1n) is 6.64. The maximum absolute atomic E-state index is 5.49. The van der Waals surface area contributed by atoms with E-state index in [1.807, 2.05) is 6.92 Å². The van der Waals surface area contributed by atoms with Gasteiger partial charge in [0, 0.05) is 0 Å². The van der Waals surface area contributed by atoms with Gasteiger partial charge in [0.05, 0.1) is 12.2 Å². The molecule has 1 unspecified atom stereocenters. The van der Waals surface area contributed by atoms with Crippen LogP contribution in [0.15, 0.2) is 10.6 Å². The third kappa shape index (κ3) is 3.82. The molecule has 2 rings (SSSR count). The average molecular weight is 237 g/mol. The van der Waals surface area contributed by atoms with E-state index in [2.05, 4.69) is 22.1 Å². The lowest BCUT2D eigenvalue weighted by molar-refractivity contribution is 0.324. The number of likely N-dealkylation sites (tertiary alicyclic amines) is 1. The third-order valence-corrected chi connectivity index (χ3v) is 3.31. The van der Waals surface area contributed by atoms with Gasteiger partial charge in [0.25, 0.3) is 0 Å². The smallest absolute Gasteiger partial charge is 0.211 e. The van der Waals surface area contributed by atoms with Crippen molar-refractivity contribution in [2.24, 2.45) is 0 Å². The highest BCUT2D eigenvalue weighted by Crippen LogP contribution is 2.12. The third-order valence-electron chi connectivity index (χ3n) is 3.31. The van der Waals surface area contributed by atoms with Crippen molar-refractivity contribution in [1.82, 2.24) is 15.2 Å². The van der Waals surface area contributed by atoms with Gasteiger partial charge in [-0.3, -0.25) is 0 Å². The molecule has 1 aromatic heterocycles. The summed E-state index contributed by atoms with van der Waals surface area (Å²) in [6.45, 7) is 8.84. The normalized spacial score (nSPS) is 18.7. The molecular formula is C13H23N3O. The van der Waals surface area contributed by atoms with Gasteiger partial charge in [-0.2, -0.15) is 0 Å². The van der Waals surface area contributed by atoms with Crippen molar-refractivity contribution in [1.29, 1.82) is 0 Å². The SMILES string of the molecule is Cc1cnc(C(C)NCCCN2CCCC2)o1. The van der Waals surface area contributed by atoms with Gasteiger partial charge in [0.15, 0.2) is 0 Å². The van der Waals surface area contributed by atoms with Gasteiger partial charge in [-0.1, -0.05) is 0 Å². The van der Waals surface area contributed by atoms with Gasteiger partial charge in [0.1, 0.15) is 5.76 Å². The lowest BCUT2D eigenvalue weighted by Crippen LogP contribution is -2.26. The molecule has 4 heteroatoms. The van der Waals surface area contributed by atoms with Crippen LogP contribution >= 0.6 is 0 Å². The van der Waals surface area contributed by atoms with Gasteiger partial charge < -0.3 is 14.6 Å². The Morgan fingerprint density at radius 2 is 2.24 bits per heavy atom. The van der Waals surface area contributed by atoms with Gasteiger partial charge >= 0.3 is 0 Å². The van der Waals surface area contributed by atoms with E-state index in [0.717, 1.165) is 18.2 Å². The Morgan fingerprint density at radius 1 is 1.47 bits per heavy atom. The van der Waals surface area contributed by atoms with Crippen molar-refractivity contribution in [3.05, 3.63) is 17.8 Å². The number of hydrogen-bond acceptors (Lipinski definition) is 4. The first-order chi connectivity index (χ1) is 8.25. The van der Waals surface area contributed by atoms with Crippen LogP contribution in [0.1, 0.15) is 43.9 Å². The molecule has 0 amide bonds. The summed E-state index contributed by atoms with van der Waals surface area (Å²) in [5, 5.41) is 3.45. The molecule has 1 saturated heterocycles. The van der Waals surface area contributed by atoms with Crippen LogP contribution < -0.4 is 5.32 Å². The van der Waals surface area contributed by atoms with Crippen molar-refractivity contribution in [3.8, 4) is 0 Å². The number of nitrogens with one attached hydrogen (secondary N) is 1. The van der Waals surface area contributed by atoms with Crippen LogP contribution in [0.25, 0.3) is 0 Å². The fourth-order valence-corrected chi connectivity index (χ4v) is 2.29. The average Bonchev–Trinajstić information content (AvgIpc) is 2.95. The van der Waals surface area contributed by atoms with E-state index in [-0.39, 0.29) is 6.04 Å². The van der Waals surface area contributed by atoms with Crippen LogP contribution in [0.5, 0.6) is 0 Å². The molecule has 1 fully saturated rings. The van der Waals surface area contributed by atoms with Crippen LogP contribution in [-0.2, 0) is 0 Å². The zero-order chi connectivity index (χ0) is 12.1. The summed E-state index contributed by atoms with van der Waals surface area (Å²) >= 11 is 0. The minimum atomic E-state index is 0.210. The number of nitrogens with zero attached hydrogens (tertiary/aromatic N) is 2. The molecule has 17 heavy (non-hydrogen) atoms. The molecule has 1 aromatic rings. The summed E-state index contributed by atoms with van der Waals surface area (Å²) in [6.07, 6.45) is 5.72. The fraction of sp³-hybridized carbons (Fsp3) is 0.769. The van der Waals surface area contributed by atoms with E-state index in [0.29, 0.717) is 0 Å². The number of hydrogen-bond donors (Lipinski definition) is 1. The van der Waals surface area contributed by atoms with Gasteiger partial charge in [0.2, 0.25) is 5.89 Å². The summed E-state index contributed by atoms with van der Waals surface area (Å²) in [4.78, 5) is 6.78. The van der Waals surface area contributed by atoms with Crippen molar-refractivity contribution >= 4 is 0 Å². The van der Waals surface area contributed by atoms with Gasteiger partial charge in [-0.15, -0.1) is 0 Å². The number of oxazole rings is 1. The van der Waals surface area contributed by atoms with Crippen molar-refractivity contribution < 1.29 is 4.42 Å². The molecule has 0 saturated carbocycles. The molecule has 1 aliphatic heterocycles. The molecule has 1 atom stereocenters. The predicted molar refractivity (Wildman–Crippen MR) is 67.9 cm³/mol. The second-order valence-electron chi connectivity index (χ2n) is 4.89. The summed E-state index contributed by atoms with van der Waals surface area (Å²) < 4.78 is 5.49. The number of rotatable bonds is 6. The Labute approximate surface area is 103 Å². The minimum Gasteiger partial charge on any atom is -0.444 e. The summed E-state index contributed by atoms with van der Waals surface area (Å²) in [5.41, 5.74) is 0. The maximum Gasteiger partial charge on any atom is 0.211 e. The van der Waals surface area contributed by atoms with Crippen LogP contribution in [0.3, 0.4) is 0 Å². The molecule has 2 heterocycles. The predicted octanol–water partition coefficient (Wildman–Crippen LogP) is 2.12. The lowest BCUT2D eigenvalue weighted by Gasteiger charge is -2.15. The Bertz CT molecular complexity index is 331. The molecule has 0 radical (unpaired) electrons. The minimum absolute atomic E-state index is 0.210. The maximum atomic E-state index is 5.49. The number of aromatic nitrogens is 1. The van der Waals surface area contributed by atoms with E-state index in [9.17, 15) is 0 Å². The largest absolute Gasteiger partial charge is 0.444 e. The van der Waals surface area contributed by atoms with Crippen LogP contribution in [0.4, 0.5) is 0 Å². The fourth-order valence-electron chi connectivity index (χ4n) is 2.29. The molecule has 96 valence electrons. The van der Waals surface area contributed by atoms with Gasteiger partial charge in [-0.25, -0.2) is 4.98 Å². The molecule has 0 aliphatic carbocycles. The Kier molecular flexibility index (Phi) is 4.57. The van der Waals surface area contributed by atoms with Crippen molar-refractivity contribution in [2.75, 3.05) is 26.2 Å². The molecule has 4 nitrogen and oxygen atoms in total. The second kappa shape index (κ2) is 6.17. The van der Waals surface area contributed by atoms with Gasteiger partial charge in [-0.05, 0) is 59.3 Å². The summed E-state index contributed by atoms with van der Waals surface area (Å²) in [6, 6.07) is 0.210. The number of aryl methyl sites for hydroxylation is 1. The van der Waals surface area contributed by atoms with E-state index >= 15 is 0 Å². The highest BCUT2D eigenvalue weighted by molar-refractivity contribution is 4.94. The molecule has 0 aromatic carbocycles. The quantitative estimate of drug-likeness (QED) is 0.769. The molecule has 0 spiro atoms. The zero-order valence-electron chi connectivity index (χ0n) is 10.9. The molecule has 0 bridgehead atoms. The summed E-state index contributed by atoms with van der Waals surface area (Å²) in [7, 11) is 0. The van der Waals surface area contributed by atoms with E-state index in [1.54, 1.807) is 6.20 Å². The van der Waals surface area contributed by atoms with Crippen LogP contribution in [0, 0.1) is 6.92 Å². The zero-order valence-corrected chi connectivity index (χ0v) is 10.9. The summed E-state index contributed by atoms with van der Waals surface area (Å²) in [5.74, 6) is 1.68. The molecule has 1 N–H and O–H groups in total. The lowest BCUT2D eigenvalue weighted by atomic mass is 10.3. The van der Waals surface area contributed by atoms with E-state index < -0.39 is 0 Å². The first-order valence-corrected chi connectivity index (χ1v) is 6.64. The molecular weight excluding hydrogens is 214 g/mol. The Balaban J connectivity index is 1.61. The standard InChI is InChI=1S/C13H23N3O/c1-11-10-15-13(17-11)12(2)14-6-5-9-16-7-3-4-8-16/h10,12,14H,3-9H2,1-2H3. The van der Waals surface area contributed by atoms with Crippen LogP contribution in [0.2, 0.25) is 0 Å². The van der Waals surface area contributed by atoms with E-state index in [1.165, 1.54) is 38.9 Å². The van der Waals surface area contributed by atoms with E-state index in [4.69, 9.17) is 4.42 Å².